The van der Waals surface area contributed by atoms with Gasteiger partial charge in [0.1, 0.15) is 5.78 Å². The van der Waals surface area contributed by atoms with E-state index in [0.29, 0.717) is 12.4 Å². The average Bonchev–Trinajstić information content (AvgIpc) is 2.43. The van der Waals surface area contributed by atoms with Gasteiger partial charge >= 0.3 is 0 Å². The summed E-state index contributed by atoms with van der Waals surface area (Å²) >= 11 is 0. The van der Waals surface area contributed by atoms with E-state index in [9.17, 15) is 4.79 Å². The zero-order valence-electron chi connectivity index (χ0n) is 11.3. The molecular weight excluding hydrogens is 224 g/mol. The lowest BCUT2D eigenvalue weighted by atomic mass is 9.77. The first-order valence-electron chi connectivity index (χ1n) is 6.84. The number of methoxy groups -OCH3 is 1. The normalized spacial score (nSPS) is 20.2. The van der Waals surface area contributed by atoms with E-state index >= 15 is 0 Å². The predicted octanol–water partition coefficient (Wildman–Crippen LogP) is 3.35. The van der Waals surface area contributed by atoms with Gasteiger partial charge in [-0.1, -0.05) is 31.2 Å². The third-order valence-corrected chi connectivity index (χ3v) is 3.95. The van der Waals surface area contributed by atoms with Crippen molar-refractivity contribution >= 4 is 5.78 Å². The Balaban J connectivity index is 2.12. The Hall–Kier alpha value is -1.15. The summed E-state index contributed by atoms with van der Waals surface area (Å²) in [6.45, 7) is 2.69. The molecule has 1 aliphatic carbocycles. The van der Waals surface area contributed by atoms with Gasteiger partial charge in [0.15, 0.2) is 0 Å². The summed E-state index contributed by atoms with van der Waals surface area (Å²) in [6, 6.07) is 8.40. The topological polar surface area (TPSA) is 26.3 Å². The third kappa shape index (κ3) is 2.81. The Morgan fingerprint density at radius 1 is 1.44 bits per heavy atom. The minimum absolute atomic E-state index is 0.0982. The third-order valence-electron chi connectivity index (χ3n) is 3.95. The van der Waals surface area contributed by atoms with Gasteiger partial charge in [-0.25, -0.2) is 0 Å². The van der Waals surface area contributed by atoms with E-state index < -0.39 is 0 Å². The summed E-state index contributed by atoms with van der Waals surface area (Å²) in [6.07, 6.45) is 4.08. The van der Waals surface area contributed by atoms with Crippen LogP contribution in [0.25, 0.3) is 0 Å². The van der Waals surface area contributed by atoms with Crippen molar-refractivity contribution in [3.8, 4) is 0 Å². The average molecular weight is 246 g/mol. The number of rotatable bonds is 5. The highest BCUT2D eigenvalue weighted by Gasteiger charge is 2.28. The second-order valence-electron chi connectivity index (χ2n) is 5.23. The summed E-state index contributed by atoms with van der Waals surface area (Å²) in [5.41, 5.74) is 2.62. The van der Waals surface area contributed by atoms with Crippen LogP contribution in [-0.2, 0) is 16.0 Å². The number of carbonyl (C=O) groups excluding carboxylic acids is 1. The lowest BCUT2D eigenvalue weighted by Gasteiger charge is -2.26. The molecule has 0 saturated carbocycles. The van der Waals surface area contributed by atoms with Gasteiger partial charge in [0, 0.05) is 25.6 Å². The van der Waals surface area contributed by atoms with Crippen LogP contribution in [0.1, 0.15) is 43.2 Å². The summed E-state index contributed by atoms with van der Waals surface area (Å²) in [4.78, 5) is 12.5. The number of carbonyl (C=O) groups is 1. The van der Waals surface area contributed by atoms with Crippen molar-refractivity contribution in [2.75, 3.05) is 13.7 Å². The van der Waals surface area contributed by atoms with Crippen molar-refractivity contribution in [1.82, 2.24) is 0 Å². The fourth-order valence-electron chi connectivity index (χ4n) is 2.83. The standard InChI is InChI=1S/C16H22O2/c1-12(10-11-18-2)16(17)15-9-5-7-13-6-3-4-8-14(13)15/h3-4,6,8,12,15H,5,7,9-11H2,1-2H3. The van der Waals surface area contributed by atoms with E-state index in [4.69, 9.17) is 4.74 Å². The Kier molecular flexibility index (Phi) is 4.54. The van der Waals surface area contributed by atoms with E-state index in [1.807, 2.05) is 13.0 Å². The smallest absolute Gasteiger partial charge is 0.143 e. The van der Waals surface area contributed by atoms with E-state index in [0.717, 1.165) is 25.7 Å². The predicted molar refractivity (Wildman–Crippen MR) is 72.8 cm³/mol. The Labute approximate surface area is 109 Å². The number of fused-ring (bicyclic) bond motifs is 1. The molecule has 1 aromatic carbocycles. The maximum atomic E-state index is 12.5. The molecule has 0 N–H and O–H groups in total. The molecule has 0 bridgehead atoms. The molecule has 98 valence electrons. The molecule has 18 heavy (non-hydrogen) atoms. The molecule has 0 radical (unpaired) electrons. The summed E-state index contributed by atoms with van der Waals surface area (Å²) in [5, 5.41) is 0. The first kappa shape index (κ1) is 13.3. The SMILES string of the molecule is COCCC(C)C(=O)C1CCCc2ccccc21. The van der Waals surface area contributed by atoms with Crippen LogP contribution in [0.15, 0.2) is 24.3 Å². The summed E-state index contributed by atoms with van der Waals surface area (Å²) < 4.78 is 5.07. The van der Waals surface area contributed by atoms with Crippen LogP contribution in [0.3, 0.4) is 0 Å². The molecule has 0 fully saturated rings. The van der Waals surface area contributed by atoms with Crippen molar-refractivity contribution in [2.45, 2.75) is 38.5 Å². The van der Waals surface area contributed by atoms with Crippen LogP contribution in [0.5, 0.6) is 0 Å². The minimum Gasteiger partial charge on any atom is -0.385 e. The number of benzene rings is 1. The van der Waals surface area contributed by atoms with Crippen LogP contribution in [0.2, 0.25) is 0 Å². The van der Waals surface area contributed by atoms with E-state index in [1.54, 1.807) is 7.11 Å². The second-order valence-corrected chi connectivity index (χ2v) is 5.23. The molecule has 2 unspecified atom stereocenters. The summed E-state index contributed by atoms with van der Waals surface area (Å²) in [7, 11) is 1.69. The van der Waals surface area contributed by atoms with Crippen molar-refractivity contribution in [1.29, 1.82) is 0 Å². The number of ether oxygens (including phenoxy) is 1. The molecule has 0 aliphatic heterocycles. The molecule has 0 amide bonds. The van der Waals surface area contributed by atoms with Crippen molar-refractivity contribution in [2.24, 2.45) is 5.92 Å². The Morgan fingerprint density at radius 2 is 2.22 bits per heavy atom. The van der Waals surface area contributed by atoms with E-state index in [-0.39, 0.29) is 11.8 Å². The fourth-order valence-corrected chi connectivity index (χ4v) is 2.83. The molecular formula is C16H22O2. The van der Waals surface area contributed by atoms with Gasteiger partial charge in [-0.2, -0.15) is 0 Å². The number of ketones is 1. The number of aryl methyl sites for hydroxylation is 1. The first-order chi connectivity index (χ1) is 8.74. The monoisotopic (exact) mass is 246 g/mol. The maximum absolute atomic E-state index is 12.5. The van der Waals surface area contributed by atoms with Crippen LogP contribution in [0, 0.1) is 5.92 Å². The zero-order valence-corrected chi connectivity index (χ0v) is 11.3. The molecule has 1 aromatic rings. The van der Waals surface area contributed by atoms with Gasteiger partial charge in [0.25, 0.3) is 0 Å². The highest BCUT2D eigenvalue weighted by molar-refractivity contribution is 5.88. The van der Waals surface area contributed by atoms with Gasteiger partial charge in [-0.05, 0) is 36.8 Å². The lowest BCUT2D eigenvalue weighted by Crippen LogP contribution is -2.24. The largest absolute Gasteiger partial charge is 0.385 e. The molecule has 0 spiro atoms. The van der Waals surface area contributed by atoms with Crippen molar-refractivity contribution in [3.05, 3.63) is 35.4 Å². The Bertz CT molecular complexity index is 411. The van der Waals surface area contributed by atoms with Gasteiger partial charge in [0.05, 0.1) is 0 Å². The Morgan fingerprint density at radius 3 is 3.00 bits per heavy atom. The first-order valence-corrected chi connectivity index (χ1v) is 6.84. The molecule has 1 aliphatic rings. The van der Waals surface area contributed by atoms with Crippen molar-refractivity contribution < 1.29 is 9.53 Å². The molecule has 2 rings (SSSR count). The van der Waals surface area contributed by atoms with Crippen LogP contribution < -0.4 is 0 Å². The van der Waals surface area contributed by atoms with Crippen LogP contribution >= 0.6 is 0 Å². The van der Waals surface area contributed by atoms with E-state index in [1.165, 1.54) is 11.1 Å². The zero-order chi connectivity index (χ0) is 13.0. The van der Waals surface area contributed by atoms with Gasteiger partial charge < -0.3 is 4.74 Å². The van der Waals surface area contributed by atoms with Gasteiger partial charge in [-0.15, -0.1) is 0 Å². The fraction of sp³-hybridized carbons (Fsp3) is 0.562. The molecule has 0 heterocycles. The minimum atomic E-state index is 0.0982. The van der Waals surface area contributed by atoms with Crippen LogP contribution in [-0.4, -0.2) is 19.5 Å². The van der Waals surface area contributed by atoms with Gasteiger partial charge in [0.2, 0.25) is 0 Å². The van der Waals surface area contributed by atoms with Crippen molar-refractivity contribution in [3.63, 3.8) is 0 Å². The molecule has 0 aromatic heterocycles. The van der Waals surface area contributed by atoms with Crippen LogP contribution in [0.4, 0.5) is 0 Å². The number of hydrogen-bond acceptors (Lipinski definition) is 2. The summed E-state index contributed by atoms with van der Waals surface area (Å²) in [5.74, 6) is 0.599. The highest BCUT2D eigenvalue weighted by atomic mass is 16.5. The lowest BCUT2D eigenvalue weighted by molar-refractivity contribution is -0.124. The van der Waals surface area contributed by atoms with E-state index in [2.05, 4.69) is 18.2 Å². The number of Topliss-reactive ketones (excluding diaryl/α,β-unsaturated/α-hetero) is 1. The maximum Gasteiger partial charge on any atom is 0.143 e. The quantitative estimate of drug-likeness (QED) is 0.796. The molecule has 2 heteroatoms. The molecule has 2 nitrogen and oxygen atoms in total. The highest BCUT2D eigenvalue weighted by Crippen LogP contribution is 2.34. The molecule has 2 atom stereocenters. The number of hydrogen-bond donors (Lipinski definition) is 0. The second kappa shape index (κ2) is 6.14. The molecule has 0 saturated heterocycles. The van der Waals surface area contributed by atoms with Gasteiger partial charge in [-0.3, -0.25) is 4.79 Å².